The molecule has 5 nitrogen and oxygen atoms in total. The van der Waals surface area contributed by atoms with E-state index in [0.29, 0.717) is 50.6 Å². The van der Waals surface area contributed by atoms with Gasteiger partial charge >= 0.3 is 0 Å². The van der Waals surface area contributed by atoms with Crippen LogP contribution in [0.25, 0.3) is 77.9 Å². The van der Waals surface area contributed by atoms with Crippen molar-refractivity contribution in [2.75, 3.05) is 0 Å². The van der Waals surface area contributed by atoms with Gasteiger partial charge < -0.3 is 18.7 Å². The average molecular weight is 885 g/mol. The smallest absolute Gasteiger partial charge is 0.268 e. The fourth-order valence-electron chi connectivity index (χ4n) is 6.59. The predicted molar refractivity (Wildman–Crippen MR) is 209 cm³/mol. The van der Waals surface area contributed by atoms with E-state index >= 15 is 0 Å². The van der Waals surface area contributed by atoms with Crippen LogP contribution in [-0.4, -0.2) is 9.55 Å². The number of hydrogen-bond acceptors (Lipinski definition) is 3. The Morgan fingerprint density at radius 2 is 1.37 bits per heavy atom. The van der Waals surface area contributed by atoms with Gasteiger partial charge in [-0.3, -0.25) is 4.57 Å². The molecule has 7 aromatic carbocycles. The molecule has 0 aliphatic heterocycles. The molecular weight excluding hydrogens is 846 g/mol. The summed E-state index contributed by atoms with van der Waals surface area (Å²) in [7, 11) is 0. The summed E-state index contributed by atoms with van der Waals surface area (Å²) in [5.41, 5.74) is 4.35. The van der Waals surface area contributed by atoms with Crippen LogP contribution in [0.5, 0.6) is 11.5 Å². The van der Waals surface area contributed by atoms with E-state index in [1.165, 1.54) is 0 Å². The van der Waals surface area contributed by atoms with Gasteiger partial charge in [-0.15, -0.1) is 12.1 Å². The number of furan rings is 1. The second-order valence-corrected chi connectivity index (χ2v) is 12.0. The van der Waals surface area contributed by atoms with Crippen molar-refractivity contribution in [2.45, 2.75) is 0 Å². The summed E-state index contributed by atoms with van der Waals surface area (Å²) in [6.45, 7) is 0. The maximum absolute atomic E-state index is 8.96. The zero-order valence-corrected chi connectivity index (χ0v) is 30.2. The summed E-state index contributed by atoms with van der Waals surface area (Å²) in [6, 6.07) is 33.9. The molecule has 0 aliphatic rings. The van der Waals surface area contributed by atoms with Crippen molar-refractivity contribution >= 4 is 33.0 Å². The molecule has 0 amide bonds. The van der Waals surface area contributed by atoms with E-state index in [9.17, 15) is 0 Å². The normalized spacial score (nSPS) is 13.8. The standard InChI is InChI=1S/C48H29N3O2.Pt/c1-3-15-33(16-4-1)38-22-14-23-39(34-17-5-2-6-18-34)47(38)51-32-50(44-25-8-9-26-45(44)51)35-19-13-20-36(29-35)52-37-30-41-40-21-7-10-27-46(40)53-48(41)42(31-37)43-24-11-12-28-49-43;/h1-28,30H;/q-2;/i1D,2D,3D,4D,5D,6D,15D,16D,17D,18D;. The van der Waals surface area contributed by atoms with Crippen molar-refractivity contribution in [2.24, 2.45) is 0 Å². The topological polar surface area (TPSA) is 44.1 Å². The van der Waals surface area contributed by atoms with Gasteiger partial charge in [0.15, 0.2) is 0 Å². The number of fused-ring (bicyclic) bond motifs is 4. The number of hydrogen-bond donors (Lipinski definition) is 0. The molecule has 0 fully saturated rings. The van der Waals surface area contributed by atoms with Gasteiger partial charge in [-0.05, 0) is 45.8 Å². The minimum atomic E-state index is -0.575. The van der Waals surface area contributed by atoms with Crippen LogP contribution in [0.1, 0.15) is 13.7 Å². The maximum Gasteiger partial charge on any atom is 0.268 e. The van der Waals surface area contributed by atoms with Crippen LogP contribution < -0.4 is 9.30 Å². The Morgan fingerprint density at radius 1 is 0.667 bits per heavy atom. The number of pyridine rings is 1. The second-order valence-electron chi connectivity index (χ2n) is 12.0. The third-order valence-corrected chi connectivity index (χ3v) is 8.88. The Morgan fingerprint density at radius 3 is 2.13 bits per heavy atom. The van der Waals surface area contributed by atoms with Crippen molar-refractivity contribution in [3.05, 3.63) is 194 Å². The number of ether oxygens (including phenoxy) is 1. The van der Waals surface area contributed by atoms with Crippen LogP contribution in [0.4, 0.5) is 0 Å². The Balaban J connectivity index is 0.00000518. The number of imidazole rings is 1. The van der Waals surface area contributed by atoms with E-state index in [2.05, 4.69) is 23.4 Å². The van der Waals surface area contributed by atoms with Crippen molar-refractivity contribution in [1.82, 2.24) is 9.55 Å². The number of nitrogens with zero attached hydrogens (tertiary/aromatic N) is 3. The molecule has 0 aliphatic carbocycles. The minimum absolute atomic E-state index is 0. The van der Waals surface area contributed by atoms with E-state index in [1.54, 1.807) is 63.9 Å². The molecule has 260 valence electrons. The summed E-state index contributed by atoms with van der Waals surface area (Å²) in [6.07, 6.45) is 5.07. The van der Waals surface area contributed by atoms with Crippen LogP contribution >= 0.6 is 0 Å². The Labute approximate surface area is 340 Å². The number of benzene rings is 7. The number of para-hydroxylation sites is 4. The largest absolute Gasteiger partial charge is 0.503 e. The maximum atomic E-state index is 8.96. The summed E-state index contributed by atoms with van der Waals surface area (Å²) in [5.74, 6) is 0.718. The average Bonchev–Trinajstić information content (AvgIpc) is 3.88. The number of aromatic nitrogens is 3. The predicted octanol–water partition coefficient (Wildman–Crippen LogP) is 11.4. The molecule has 54 heavy (non-hydrogen) atoms. The van der Waals surface area contributed by atoms with Gasteiger partial charge in [-0.1, -0.05) is 156 Å². The third-order valence-electron chi connectivity index (χ3n) is 8.88. The SMILES string of the molecule is [2H]c1c([2H])c([2H])c(-c2cccc(-c3c([2H])c([2H])c([2H])c([2H])c3[2H])c2-[n+]2[c-]n(-c3[c-]c(Oc4[c-]c(-c5ccccn5)c5oc6ccccc6c5c4)ccc3)c3ccccc32)c([2H])c1[2H].[Pt]. The Kier molecular flexibility index (Phi) is 6.25. The van der Waals surface area contributed by atoms with E-state index in [0.717, 1.165) is 10.8 Å². The molecule has 3 heterocycles. The molecule has 10 aromatic rings. The van der Waals surface area contributed by atoms with Gasteiger partial charge in [0, 0.05) is 44.1 Å². The molecule has 0 atom stereocenters. The van der Waals surface area contributed by atoms with E-state index < -0.39 is 60.4 Å². The van der Waals surface area contributed by atoms with Crippen LogP contribution in [-0.2, 0) is 21.1 Å². The van der Waals surface area contributed by atoms with Gasteiger partial charge in [-0.25, -0.2) is 0 Å². The number of rotatable bonds is 7. The first-order chi connectivity index (χ1) is 30.4. The van der Waals surface area contributed by atoms with Crippen molar-refractivity contribution in [1.29, 1.82) is 0 Å². The summed E-state index contributed by atoms with van der Waals surface area (Å²) in [4.78, 5) is 4.56. The molecule has 0 saturated heterocycles. The Hall–Kier alpha value is -6.55. The van der Waals surface area contributed by atoms with Crippen LogP contribution in [0.3, 0.4) is 0 Å². The monoisotopic (exact) mass is 884 g/mol. The fourth-order valence-corrected chi connectivity index (χ4v) is 6.59. The molecule has 6 heteroatoms. The van der Waals surface area contributed by atoms with Crippen LogP contribution in [0, 0.1) is 18.5 Å². The summed E-state index contributed by atoms with van der Waals surface area (Å²) >= 11 is 0. The van der Waals surface area contributed by atoms with Gasteiger partial charge in [-0.2, -0.15) is 12.1 Å². The summed E-state index contributed by atoms with van der Waals surface area (Å²) < 4.78 is 103. The zero-order chi connectivity index (χ0) is 43.8. The molecule has 0 saturated carbocycles. The first-order valence-corrected chi connectivity index (χ1v) is 16.6. The molecule has 0 unspecified atom stereocenters. The van der Waals surface area contributed by atoms with E-state index in [-0.39, 0.29) is 49.0 Å². The molecular formula is C48H29N3O2Pt-2. The van der Waals surface area contributed by atoms with Gasteiger partial charge in [0.2, 0.25) is 0 Å². The van der Waals surface area contributed by atoms with Gasteiger partial charge in [0.05, 0.1) is 36.0 Å². The van der Waals surface area contributed by atoms with Crippen molar-refractivity contribution in [3.63, 3.8) is 0 Å². The van der Waals surface area contributed by atoms with Crippen molar-refractivity contribution < 1.29 is 48.5 Å². The summed E-state index contributed by atoms with van der Waals surface area (Å²) in [5, 5.41) is 1.71. The molecule has 0 spiro atoms. The van der Waals surface area contributed by atoms with E-state index in [4.69, 9.17) is 22.9 Å². The minimum Gasteiger partial charge on any atom is -0.503 e. The molecule has 0 N–H and O–H groups in total. The van der Waals surface area contributed by atoms with Crippen molar-refractivity contribution in [3.8, 4) is 56.4 Å². The third kappa shape index (κ3) is 5.89. The first-order valence-electron chi connectivity index (χ1n) is 21.6. The second kappa shape index (κ2) is 14.1. The van der Waals surface area contributed by atoms with Gasteiger partial charge in [0.1, 0.15) is 5.58 Å². The zero-order valence-electron chi connectivity index (χ0n) is 37.9. The van der Waals surface area contributed by atoms with Crippen LogP contribution in [0.15, 0.2) is 180 Å². The van der Waals surface area contributed by atoms with E-state index in [1.807, 2.05) is 60.7 Å². The fraction of sp³-hybridized carbons (Fsp3) is 0. The molecule has 0 radical (unpaired) electrons. The van der Waals surface area contributed by atoms with Crippen LogP contribution in [0.2, 0.25) is 0 Å². The molecule has 0 bridgehead atoms. The Bertz CT molecular complexity index is 3380. The molecule has 3 aromatic heterocycles. The first kappa shape index (κ1) is 23.9. The quantitative estimate of drug-likeness (QED) is 0.118. The molecule has 10 rings (SSSR count). The van der Waals surface area contributed by atoms with Gasteiger partial charge in [0.25, 0.3) is 6.33 Å².